The number of carbonyl (C=O) groups is 1. The molecule has 0 aliphatic rings. The van der Waals surface area contributed by atoms with Crippen molar-refractivity contribution in [3.63, 3.8) is 0 Å². The molecule has 2 amide bonds. The Morgan fingerprint density at radius 2 is 1.61 bits per heavy atom. The Kier molecular flexibility index (Phi) is 5.61. The molecule has 3 N–H and O–H groups in total. The number of carbonyl (C=O) groups excluding carboxylic acids is 1. The largest absolute Gasteiger partial charge is 0.395 e. The van der Waals surface area contributed by atoms with E-state index < -0.39 is 0 Å². The molecule has 0 saturated carbocycles. The molecule has 100 valence electrons. The van der Waals surface area contributed by atoms with Crippen LogP contribution in [0.3, 0.4) is 0 Å². The molecule has 0 unspecified atom stereocenters. The summed E-state index contributed by atoms with van der Waals surface area (Å²) in [6.07, 6.45) is 0. The minimum Gasteiger partial charge on any atom is -0.395 e. The summed E-state index contributed by atoms with van der Waals surface area (Å²) in [5.74, 6) is 0. The SMILES string of the molecule is Cc1cc(C)cc(NC(=O)N(CCO)CCO)c1. The number of nitrogens with zero attached hydrogens (tertiary/aromatic N) is 1. The summed E-state index contributed by atoms with van der Waals surface area (Å²) in [4.78, 5) is 13.3. The molecule has 0 spiro atoms. The van der Waals surface area contributed by atoms with Gasteiger partial charge in [-0.05, 0) is 37.1 Å². The minimum atomic E-state index is -0.317. The highest BCUT2D eigenvalue weighted by molar-refractivity contribution is 5.89. The Morgan fingerprint density at radius 3 is 2.06 bits per heavy atom. The van der Waals surface area contributed by atoms with Crippen LogP contribution >= 0.6 is 0 Å². The second kappa shape index (κ2) is 6.98. The molecule has 1 aromatic rings. The van der Waals surface area contributed by atoms with Gasteiger partial charge in [-0.3, -0.25) is 0 Å². The lowest BCUT2D eigenvalue weighted by molar-refractivity contribution is 0.167. The van der Waals surface area contributed by atoms with E-state index in [9.17, 15) is 4.79 Å². The Labute approximate surface area is 107 Å². The summed E-state index contributed by atoms with van der Waals surface area (Å²) in [5, 5.41) is 20.5. The molecule has 0 radical (unpaired) electrons. The van der Waals surface area contributed by atoms with E-state index >= 15 is 0 Å². The first-order valence-electron chi connectivity index (χ1n) is 5.92. The van der Waals surface area contributed by atoms with E-state index in [1.54, 1.807) is 0 Å². The van der Waals surface area contributed by atoms with Gasteiger partial charge in [0.2, 0.25) is 0 Å². The van der Waals surface area contributed by atoms with E-state index in [2.05, 4.69) is 5.32 Å². The Balaban J connectivity index is 2.72. The third-order valence-electron chi connectivity index (χ3n) is 2.50. The molecule has 1 aromatic carbocycles. The molecular formula is C13H20N2O3. The summed E-state index contributed by atoms with van der Waals surface area (Å²) in [6.45, 7) is 4.08. The van der Waals surface area contributed by atoms with Crippen molar-refractivity contribution in [2.24, 2.45) is 0 Å². The highest BCUT2D eigenvalue weighted by Crippen LogP contribution is 2.14. The van der Waals surface area contributed by atoms with E-state index in [0.717, 1.165) is 16.8 Å². The predicted octanol–water partition coefficient (Wildman–Crippen LogP) is 1.12. The molecule has 5 heteroatoms. The molecule has 0 atom stereocenters. The highest BCUT2D eigenvalue weighted by Gasteiger charge is 2.12. The van der Waals surface area contributed by atoms with Crippen LogP contribution in [0.5, 0.6) is 0 Å². The summed E-state index contributed by atoms with van der Waals surface area (Å²) < 4.78 is 0. The topological polar surface area (TPSA) is 72.8 Å². The average Bonchev–Trinajstić information content (AvgIpc) is 2.27. The summed E-state index contributed by atoms with van der Waals surface area (Å²) in [7, 11) is 0. The molecule has 0 saturated heterocycles. The van der Waals surface area contributed by atoms with Crippen molar-refractivity contribution in [2.75, 3.05) is 31.6 Å². The number of urea groups is 1. The number of nitrogens with one attached hydrogen (secondary N) is 1. The third-order valence-corrected chi connectivity index (χ3v) is 2.50. The number of hydrogen-bond acceptors (Lipinski definition) is 3. The predicted molar refractivity (Wildman–Crippen MR) is 70.7 cm³/mol. The fraction of sp³-hybridized carbons (Fsp3) is 0.462. The molecule has 0 aliphatic carbocycles. The molecule has 0 aromatic heterocycles. The first-order valence-corrected chi connectivity index (χ1v) is 5.92. The molecule has 0 fully saturated rings. The van der Waals surface area contributed by atoms with Crippen LogP contribution in [0.2, 0.25) is 0 Å². The zero-order valence-electron chi connectivity index (χ0n) is 10.8. The molecular weight excluding hydrogens is 232 g/mol. The van der Waals surface area contributed by atoms with E-state index in [0.29, 0.717) is 0 Å². The highest BCUT2D eigenvalue weighted by atomic mass is 16.3. The van der Waals surface area contributed by atoms with Crippen molar-refractivity contribution in [1.82, 2.24) is 4.90 Å². The zero-order chi connectivity index (χ0) is 13.5. The van der Waals surface area contributed by atoms with Gasteiger partial charge in [-0.15, -0.1) is 0 Å². The number of aliphatic hydroxyl groups is 2. The van der Waals surface area contributed by atoms with Gasteiger partial charge in [-0.2, -0.15) is 0 Å². The summed E-state index contributed by atoms with van der Waals surface area (Å²) in [6, 6.07) is 5.46. The quantitative estimate of drug-likeness (QED) is 0.735. The van der Waals surface area contributed by atoms with Gasteiger partial charge in [-0.25, -0.2) is 4.79 Å². The fourth-order valence-corrected chi connectivity index (χ4v) is 1.81. The second-order valence-electron chi connectivity index (χ2n) is 4.24. The Morgan fingerprint density at radius 1 is 1.11 bits per heavy atom. The second-order valence-corrected chi connectivity index (χ2v) is 4.24. The maximum atomic E-state index is 11.9. The molecule has 0 bridgehead atoms. The van der Waals surface area contributed by atoms with Crippen molar-refractivity contribution in [3.8, 4) is 0 Å². The van der Waals surface area contributed by atoms with Crippen molar-refractivity contribution in [1.29, 1.82) is 0 Å². The average molecular weight is 252 g/mol. The van der Waals surface area contributed by atoms with Crippen molar-refractivity contribution < 1.29 is 15.0 Å². The first-order chi connectivity index (χ1) is 8.56. The normalized spacial score (nSPS) is 10.2. The smallest absolute Gasteiger partial charge is 0.321 e. The lowest BCUT2D eigenvalue weighted by Crippen LogP contribution is -2.38. The van der Waals surface area contributed by atoms with Crippen molar-refractivity contribution in [3.05, 3.63) is 29.3 Å². The number of amides is 2. The first kappa shape index (κ1) is 14.5. The Hall–Kier alpha value is -1.59. The lowest BCUT2D eigenvalue weighted by Gasteiger charge is -2.21. The number of rotatable bonds is 5. The maximum absolute atomic E-state index is 11.9. The van der Waals surface area contributed by atoms with E-state index in [1.165, 1.54) is 4.90 Å². The van der Waals surface area contributed by atoms with E-state index in [4.69, 9.17) is 10.2 Å². The fourth-order valence-electron chi connectivity index (χ4n) is 1.81. The molecule has 0 aliphatic heterocycles. The van der Waals surface area contributed by atoms with Crippen molar-refractivity contribution in [2.45, 2.75) is 13.8 Å². The van der Waals surface area contributed by atoms with Gasteiger partial charge in [0.05, 0.1) is 13.2 Å². The van der Waals surface area contributed by atoms with E-state index in [-0.39, 0.29) is 32.3 Å². The van der Waals surface area contributed by atoms with Crippen LogP contribution in [0.4, 0.5) is 10.5 Å². The minimum absolute atomic E-state index is 0.125. The summed E-state index contributed by atoms with van der Waals surface area (Å²) in [5.41, 5.74) is 2.86. The van der Waals surface area contributed by atoms with Gasteiger partial charge in [0.25, 0.3) is 0 Å². The number of aryl methyl sites for hydroxylation is 2. The van der Waals surface area contributed by atoms with Gasteiger partial charge in [0.1, 0.15) is 0 Å². The third kappa shape index (κ3) is 4.35. The van der Waals surface area contributed by atoms with Crippen LogP contribution in [0, 0.1) is 13.8 Å². The van der Waals surface area contributed by atoms with Gasteiger partial charge >= 0.3 is 6.03 Å². The monoisotopic (exact) mass is 252 g/mol. The van der Waals surface area contributed by atoms with Crippen LogP contribution in [-0.4, -0.2) is 47.4 Å². The zero-order valence-corrected chi connectivity index (χ0v) is 10.8. The standard InChI is InChI=1S/C13H20N2O3/c1-10-7-11(2)9-12(8-10)14-13(18)15(3-5-16)4-6-17/h7-9,16-17H,3-6H2,1-2H3,(H,14,18). The van der Waals surface area contributed by atoms with Crippen molar-refractivity contribution >= 4 is 11.7 Å². The van der Waals surface area contributed by atoms with Crippen LogP contribution in [0.1, 0.15) is 11.1 Å². The van der Waals surface area contributed by atoms with Crippen LogP contribution < -0.4 is 5.32 Å². The van der Waals surface area contributed by atoms with Crippen LogP contribution in [0.25, 0.3) is 0 Å². The Bertz CT molecular complexity index is 381. The number of benzene rings is 1. The lowest BCUT2D eigenvalue weighted by atomic mass is 10.1. The van der Waals surface area contributed by atoms with Gasteiger partial charge < -0.3 is 20.4 Å². The van der Waals surface area contributed by atoms with Crippen LogP contribution in [-0.2, 0) is 0 Å². The van der Waals surface area contributed by atoms with Gasteiger partial charge in [0.15, 0.2) is 0 Å². The summed E-state index contributed by atoms with van der Waals surface area (Å²) >= 11 is 0. The van der Waals surface area contributed by atoms with Gasteiger partial charge in [-0.1, -0.05) is 6.07 Å². The van der Waals surface area contributed by atoms with Crippen LogP contribution in [0.15, 0.2) is 18.2 Å². The van der Waals surface area contributed by atoms with Gasteiger partial charge in [0, 0.05) is 18.8 Å². The maximum Gasteiger partial charge on any atom is 0.321 e. The molecule has 18 heavy (non-hydrogen) atoms. The molecule has 5 nitrogen and oxygen atoms in total. The molecule has 1 rings (SSSR count). The number of aliphatic hydroxyl groups excluding tert-OH is 2. The van der Waals surface area contributed by atoms with E-state index in [1.807, 2.05) is 32.0 Å². The molecule has 0 heterocycles. The number of hydrogen-bond donors (Lipinski definition) is 3. The number of anilines is 1.